The van der Waals surface area contributed by atoms with Crippen molar-refractivity contribution in [3.63, 3.8) is 0 Å². The van der Waals surface area contributed by atoms with E-state index in [4.69, 9.17) is 9.47 Å². The van der Waals surface area contributed by atoms with Gasteiger partial charge in [0.2, 0.25) is 5.88 Å². The first kappa shape index (κ1) is 14.7. The fourth-order valence-corrected chi connectivity index (χ4v) is 1.21. The van der Waals surface area contributed by atoms with E-state index in [9.17, 15) is 5.11 Å². The Morgan fingerprint density at radius 1 is 1.39 bits per heavy atom. The van der Waals surface area contributed by atoms with Crippen LogP contribution < -0.4 is 10.1 Å². The summed E-state index contributed by atoms with van der Waals surface area (Å²) >= 11 is 0. The van der Waals surface area contributed by atoms with Crippen LogP contribution in [0.1, 0.15) is 20.8 Å². The van der Waals surface area contributed by atoms with Crippen molar-refractivity contribution in [1.82, 2.24) is 4.98 Å². The van der Waals surface area contributed by atoms with E-state index in [1.807, 2.05) is 13.0 Å². The molecule has 0 spiro atoms. The zero-order chi connectivity index (χ0) is 13.6. The van der Waals surface area contributed by atoms with Crippen molar-refractivity contribution in [2.24, 2.45) is 0 Å². The summed E-state index contributed by atoms with van der Waals surface area (Å²) in [5.41, 5.74) is 0.0666. The van der Waals surface area contributed by atoms with E-state index in [0.717, 1.165) is 5.69 Å². The second kappa shape index (κ2) is 6.56. The van der Waals surface area contributed by atoms with Crippen LogP contribution in [-0.4, -0.2) is 42.1 Å². The van der Waals surface area contributed by atoms with Crippen molar-refractivity contribution in [2.45, 2.75) is 32.4 Å². The van der Waals surface area contributed by atoms with Crippen molar-refractivity contribution in [2.75, 3.05) is 25.6 Å². The minimum Gasteiger partial charge on any atom is -0.475 e. The molecule has 0 saturated carbocycles. The van der Waals surface area contributed by atoms with Crippen LogP contribution in [0.5, 0.6) is 5.88 Å². The molecule has 0 aliphatic heterocycles. The summed E-state index contributed by atoms with van der Waals surface area (Å²) in [4.78, 5) is 4.16. The number of hydrogen-bond donors (Lipinski definition) is 2. The van der Waals surface area contributed by atoms with Crippen LogP contribution in [0.3, 0.4) is 0 Å². The molecule has 1 heterocycles. The Hall–Kier alpha value is -1.33. The lowest BCUT2D eigenvalue weighted by atomic mass is 10.0. The molecule has 0 saturated heterocycles. The lowest BCUT2D eigenvalue weighted by Crippen LogP contribution is -2.39. The van der Waals surface area contributed by atoms with Gasteiger partial charge in [0.15, 0.2) is 0 Å². The number of methoxy groups -OCH3 is 1. The minimum atomic E-state index is -0.784. The molecule has 1 aromatic rings. The van der Waals surface area contributed by atoms with Gasteiger partial charge in [0.25, 0.3) is 0 Å². The van der Waals surface area contributed by atoms with Crippen LogP contribution in [-0.2, 0) is 4.74 Å². The highest BCUT2D eigenvalue weighted by molar-refractivity contribution is 5.43. The number of aliphatic hydroxyl groups is 1. The normalized spacial score (nSPS) is 13.2. The molecule has 0 amide bonds. The van der Waals surface area contributed by atoms with Gasteiger partial charge in [-0.15, -0.1) is 0 Å². The van der Waals surface area contributed by atoms with E-state index in [-0.39, 0.29) is 6.04 Å². The third kappa shape index (κ3) is 4.89. The number of nitrogens with zero attached hydrogens (tertiary/aromatic N) is 1. The lowest BCUT2D eigenvalue weighted by Gasteiger charge is -2.27. The third-order valence-corrected chi connectivity index (χ3v) is 2.72. The molecule has 18 heavy (non-hydrogen) atoms. The summed E-state index contributed by atoms with van der Waals surface area (Å²) in [7, 11) is 1.63. The molecule has 5 nitrogen and oxygen atoms in total. The molecule has 2 N–H and O–H groups in total. The number of rotatable bonds is 7. The molecule has 102 valence electrons. The quantitative estimate of drug-likeness (QED) is 0.725. The second-order valence-corrected chi connectivity index (χ2v) is 4.75. The average molecular weight is 254 g/mol. The van der Waals surface area contributed by atoms with Gasteiger partial charge in [-0.1, -0.05) is 0 Å². The van der Waals surface area contributed by atoms with Crippen LogP contribution in [0.2, 0.25) is 0 Å². The van der Waals surface area contributed by atoms with E-state index >= 15 is 0 Å². The van der Waals surface area contributed by atoms with E-state index in [0.29, 0.717) is 19.1 Å². The van der Waals surface area contributed by atoms with Crippen LogP contribution in [0.4, 0.5) is 5.69 Å². The monoisotopic (exact) mass is 254 g/mol. The highest BCUT2D eigenvalue weighted by Gasteiger charge is 2.21. The number of hydrogen-bond acceptors (Lipinski definition) is 5. The highest BCUT2D eigenvalue weighted by atomic mass is 16.5. The summed E-state index contributed by atoms with van der Waals surface area (Å²) in [6, 6.07) is 3.59. The molecule has 0 aliphatic carbocycles. The molecular formula is C13H22N2O3. The summed E-state index contributed by atoms with van der Waals surface area (Å²) in [6.45, 7) is 6.47. The first-order valence-corrected chi connectivity index (χ1v) is 6.00. The number of nitrogens with one attached hydrogen (secondary N) is 1. The van der Waals surface area contributed by atoms with Gasteiger partial charge in [0.1, 0.15) is 6.61 Å². The molecule has 5 heteroatoms. The molecule has 1 aromatic heterocycles. The SMILES string of the molecule is COCCOc1ccc(NC(C)C(C)(C)O)cn1. The maximum atomic E-state index is 9.82. The van der Waals surface area contributed by atoms with E-state index in [1.165, 1.54) is 0 Å². The van der Waals surface area contributed by atoms with Crippen molar-refractivity contribution in [1.29, 1.82) is 0 Å². The fraction of sp³-hybridized carbons (Fsp3) is 0.615. The Balaban J connectivity index is 2.50. The Labute approximate surface area is 108 Å². The molecule has 0 aliphatic rings. The first-order valence-electron chi connectivity index (χ1n) is 6.00. The van der Waals surface area contributed by atoms with Gasteiger partial charge >= 0.3 is 0 Å². The fourth-order valence-electron chi connectivity index (χ4n) is 1.21. The van der Waals surface area contributed by atoms with Gasteiger partial charge in [-0.05, 0) is 26.8 Å². The lowest BCUT2D eigenvalue weighted by molar-refractivity contribution is 0.0649. The van der Waals surface area contributed by atoms with Crippen molar-refractivity contribution >= 4 is 5.69 Å². The van der Waals surface area contributed by atoms with Crippen LogP contribution in [0.15, 0.2) is 18.3 Å². The zero-order valence-corrected chi connectivity index (χ0v) is 11.4. The second-order valence-electron chi connectivity index (χ2n) is 4.75. The van der Waals surface area contributed by atoms with Crippen LogP contribution in [0.25, 0.3) is 0 Å². The minimum absolute atomic E-state index is 0.0699. The average Bonchev–Trinajstić information content (AvgIpc) is 2.30. The molecule has 0 bridgehead atoms. The van der Waals surface area contributed by atoms with E-state index < -0.39 is 5.60 Å². The molecule has 1 rings (SSSR count). The summed E-state index contributed by atoms with van der Waals surface area (Å²) in [5, 5.41) is 13.0. The predicted molar refractivity (Wildman–Crippen MR) is 71.0 cm³/mol. The van der Waals surface area contributed by atoms with Crippen molar-refractivity contribution < 1.29 is 14.6 Å². The Morgan fingerprint density at radius 3 is 2.61 bits per heavy atom. The largest absolute Gasteiger partial charge is 0.475 e. The standard InChI is InChI=1S/C13H22N2O3/c1-10(13(2,3)16)15-11-5-6-12(14-9-11)18-8-7-17-4/h5-6,9-10,15-16H,7-8H2,1-4H3. The maximum absolute atomic E-state index is 9.82. The molecule has 0 radical (unpaired) electrons. The maximum Gasteiger partial charge on any atom is 0.213 e. The predicted octanol–water partition coefficient (Wildman–Crippen LogP) is 1.68. The molecular weight excluding hydrogens is 232 g/mol. The van der Waals surface area contributed by atoms with Crippen molar-refractivity contribution in [3.05, 3.63) is 18.3 Å². The van der Waals surface area contributed by atoms with Gasteiger partial charge in [-0.2, -0.15) is 0 Å². The molecule has 0 fully saturated rings. The summed E-state index contributed by atoms with van der Waals surface area (Å²) < 4.78 is 10.2. The zero-order valence-electron chi connectivity index (χ0n) is 11.4. The first-order chi connectivity index (χ1) is 8.43. The van der Waals surface area contributed by atoms with Crippen molar-refractivity contribution in [3.8, 4) is 5.88 Å². The number of aromatic nitrogens is 1. The van der Waals surface area contributed by atoms with Crippen LogP contribution >= 0.6 is 0 Å². The van der Waals surface area contributed by atoms with Gasteiger partial charge in [0.05, 0.1) is 30.1 Å². The van der Waals surface area contributed by atoms with Gasteiger partial charge in [-0.25, -0.2) is 4.98 Å². The third-order valence-electron chi connectivity index (χ3n) is 2.72. The van der Waals surface area contributed by atoms with Crippen LogP contribution in [0, 0.1) is 0 Å². The molecule has 0 aromatic carbocycles. The number of pyridine rings is 1. The van der Waals surface area contributed by atoms with E-state index in [1.54, 1.807) is 33.2 Å². The summed E-state index contributed by atoms with van der Waals surface area (Å²) in [5.74, 6) is 0.563. The number of anilines is 1. The smallest absolute Gasteiger partial charge is 0.213 e. The van der Waals surface area contributed by atoms with Gasteiger partial charge in [-0.3, -0.25) is 0 Å². The van der Waals surface area contributed by atoms with Gasteiger partial charge in [0, 0.05) is 13.2 Å². The molecule has 1 atom stereocenters. The Bertz CT molecular complexity index is 346. The highest BCUT2D eigenvalue weighted by Crippen LogP contribution is 2.16. The summed E-state index contributed by atoms with van der Waals surface area (Å²) in [6.07, 6.45) is 1.68. The van der Waals surface area contributed by atoms with Gasteiger partial charge < -0.3 is 19.9 Å². The Morgan fingerprint density at radius 2 is 2.11 bits per heavy atom. The topological polar surface area (TPSA) is 63.6 Å². The number of ether oxygens (including phenoxy) is 2. The van der Waals surface area contributed by atoms with E-state index in [2.05, 4.69) is 10.3 Å². The Kier molecular flexibility index (Phi) is 5.37. The molecule has 1 unspecified atom stereocenters.